The van der Waals surface area contributed by atoms with Gasteiger partial charge in [0.05, 0.1) is 5.41 Å². The molecule has 2 aromatic heterocycles. The van der Waals surface area contributed by atoms with Crippen molar-refractivity contribution in [2.45, 2.75) is 18.8 Å². The number of hydrogen-bond donors (Lipinski definition) is 0. The van der Waals surface area contributed by atoms with Crippen LogP contribution in [-0.2, 0) is 16.6 Å². The molecule has 2 nitrogen and oxygen atoms in total. The van der Waals surface area contributed by atoms with Gasteiger partial charge in [0.15, 0.2) is 0 Å². The fourth-order valence-electron chi connectivity index (χ4n) is 1.72. The van der Waals surface area contributed by atoms with E-state index >= 15 is 0 Å². The van der Waals surface area contributed by atoms with Crippen molar-refractivity contribution < 1.29 is 4.79 Å². The van der Waals surface area contributed by atoms with Crippen molar-refractivity contribution in [3.8, 4) is 0 Å². The summed E-state index contributed by atoms with van der Waals surface area (Å²) in [5.41, 5.74) is 0.655. The molecule has 0 bridgehead atoms. The lowest BCUT2D eigenvalue weighted by molar-refractivity contribution is -0.112. The largest absolute Gasteiger partial charge is 0.302 e. The van der Waals surface area contributed by atoms with Crippen molar-refractivity contribution in [2.24, 2.45) is 0 Å². The number of pyridine rings is 1. The molecule has 0 spiro atoms. The molecule has 0 amide bonds. The zero-order chi connectivity index (χ0) is 11.4. The van der Waals surface area contributed by atoms with Crippen molar-refractivity contribution in [1.29, 1.82) is 0 Å². The van der Waals surface area contributed by atoms with Gasteiger partial charge >= 0.3 is 0 Å². The minimum Gasteiger partial charge on any atom is -0.302 e. The molecule has 0 saturated heterocycles. The second-order valence-electron chi connectivity index (χ2n) is 4.05. The highest BCUT2D eigenvalue weighted by Crippen LogP contribution is 2.29. The Hall–Kier alpha value is -1.48. The predicted octanol–water partition coefficient (Wildman–Crippen LogP) is 2.84. The van der Waals surface area contributed by atoms with Crippen LogP contribution in [0.2, 0.25) is 0 Å². The van der Waals surface area contributed by atoms with Gasteiger partial charge in [-0.2, -0.15) is 0 Å². The number of aromatic nitrogens is 1. The standard InChI is InChI=1S/C13H13NOS/c1-13(10-15,12-5-3-7-16-12)8-11-4-2-6-14-9-11/h2-7,9-10H,8H2,1H3. The first kappa shape index (κ1) is 11.0. The first-order valence-corrected chi connectivity index (χ1v) is 6.02. The number of carbonyl (C=O) groups excluding carboxylic acids is 1. The molecule has 0 N–H and O–H groups in total. The first-order chi connectivity index (χ1) is 7.74. The number of nitrogens with zero attached hydrogens (tertiary/aromatic N) is 1. The van der Waals surface area contributed by atoms with Crippen molar-refractivity contribution in [3.05, 3.63) is 52.5 Å². The number of hydrogen-bond acceptors (Lipinski definition) is 3. The Morgan fingerprint density at radius 1 is 1.44 bits per heavy atom. The van der Waals surface area contributed by atoms with Gasteiger partial charge in [0.25, 0.3) is 0 Å². The van der Waals surface area contributed by atoms with E-state index in [0.717, 1.165) is 16.7 Å². The Bertz CT molecular complexity index is 452. The maximum atomic E-state index is 11.3. The fraction of sp³-hybridized carbons (Fsp3) is 0.231. The zero-order valence-corrected chi connectivity index (χ0v) is 9.91. The SMILES string of the molecule is CC(C=O)(Cc1cccnc1)c1cccs1. The van der Waals surface area contributed by atoms with Gasteiger partial charge in [-0.3, -0.25) is 4.98 Å². The molecule has 3 heteroatoms. The topological polar surface area (TPSA) is 30.0 Å². The number of aldehydes is 1. The summed E-state index contributed by atoms with van der Waals surface area (Å²) >= 11 is 1.62. The van der Waals surface area contributed by atoms with Crippen LogP contribution >= 0.6 is 11.3 Å². The molecule has 1 atom stereocenters. The second-order valence-corrected chi connectivity index (χ2v) is 5.00. The number of rotatable bonds is 4. The van der Waals surface area contributed by atoms with Gasteiger partial charge in [0, 0.05) is 17.3 Å². The highest BCUT2D eigenvalue weighted by molar-refractivity contribution is 7.10. The van der Waals surface area contributed by atoms with Crippen LogP contribution in [0.1, 0.15) is 17.4 Å². The third-order valence-electron chi connectivity index (χ3n) is 2.64. The fourth-order valence-corrected chi connectivity index (χ4v) is 2.57. The smallest absolute Gasteiger partial charge is 0.131 e. The Kier molecular flexibility index (Phi) is 3.15. The van der Waals surface area contributed by atoms with Gasteiger partial charge in [-0.05, 0) is 36.4 Å². The summed E-state index contributed by atoms with van der Waals surface area (Å²) in [5, 5.41) is 2.00. The monoisotopic (exact) mass is 231 g/mol. The maximum absolute atomic E-state index is 11.3. The van der Waals surface area contributed by atoms with Crippen molar-refractivity contribution in [2.75, 3.05) is 0 Å². The van der Waals surface area contributed by atoms with E-state index in [1.807, 2.05) is 42.8 Å². The molecule has 0 aliphatic rings. The summed E-state index contributed by atoms with van der Waals surface area (Å²) in [6.07, 6.45) is 5.29. The van der Waals surface area contributed by atoms with Crippen LogP contribution in [0.5, 0.6) is 0 Å². The molecule has 2 heterocycles. The molecule has 82 valence electrons. The Labute approximate surface area is 99.0 Å². The van der Waals surface area contributed by atoms with Crippen molar-refractivity contribution in [1.82, 2.24) is 4.98 Å². The van der Waals surface area contributed by atoms with Crippen LogP contribution in [0, 0.1) is 0 Å². The van der Waals surface area contributed by atoms with Crippen LogP contribution in [-0.4, -0.2) is 11.3 Å². The highest BCUT2D eigenvalue weighted by Gasteiger charge is 2.27. The lowest BCUT2D eigenvalue weighted by Crippen LogP contribution is -2.25. The van der Waals surface area contributed by atoms with Gasteiger partial charge in [-0.1, -0.05) is 12.1 Å². The molecule has 0 aliphatic carbocycles. The average molecular weight is 231 g/mol. The Morgan fingerprint density at radius 2 is 2.31 bits per heavy atom. The number of carbonyl (C=O) groups is 1. The second kappa shape index (κ2) is 4.58. The minimum atomic E-state index is -0.433. The van der Waals surface area contributed by atoms with Crippen molar-refractivity contribution in [3.63, 3.8) is 0 Å². The lowest BCUT2D eigenvalue weighted by Gasteiger charge is -2.21. The van der Waals surface area contributed by atoms with E-state index < -0.39 is 5.41 Å². The van der Waals surface area contributed by atoms with E-state index in [4.69, 9.17) is 0 Å². The molecule has 2 rings (SSSR count). The van der Waals surface area contributed by atoms with Gasteiger partial charge in [-0.25, -0.2) is 0 Å². The third kappa shape index (κ3) is 2.19. The molecule has 0 fully saturated rings. The van der Waals surface area contributed by atoms with Crippen LogP contribution < -0.4 is 0 Å². The van der Waals surface area contributed by atoms with E-state index in [1.165, 1.54) is 0 Å². The van der Waals surface area contributed by atoms with E-state index in [0.29, 0.717) is 6.42 Å². The molecular weight excluding hydrogens is 218 g/mol. The summed E-state index contributed by atoms with van der Waals surface area (Å²) in [7, 11) is 0. The Balaban J connectivity index is 2.27. The van der Waals surface area contributed by atoms with E-state index in [-0.39, 0.29) is 0 Å². The summed E-state index contributed by atoms with van der Waals surface area (Å²) in [5.74, 6) is 0. The molecule has 0 saturated carbocycles. The summed E-state index contributed by atoms with van der Waals surface area (Å²) < 4.78 is 0. The third-order valence-corrected chi connectivity index (χ3v) is 3.79. The van der Waals surface area contributed by atoms with E-state index in [9.17, 15) is 4.79 Å². The molecule has 16 heavy (non-hydrogen) atoms. The number of thiophene rings is 1. The highest BCUT2D eigenvalue weighted by atomic mass is 32.1. The summed E-state index contributed by atoms with van der Waals surface area (Å²) in [4.78, 5) is 16.5. The van der Waals surface area contributed by atoms with Crippen LogP contribution in [0.3, 0.4) is 0 Å². The van der Waals surface area contributed by atoms with Crippen LogP contribution in [0.15, 0.2) is 42.0 Å². The first-order valence-electron chi connectivity index (χ1n) is 5.14. The molecule has 2 aromatic rings. The molecule has 0 aliphatic heterocycles. The maximum Gasteiger partial charge on any atom is 0.131 e. The molecular formula is C13H13NOS. The summed E-state index contributed by atoms with van der Waals surface area (Å²) in [6, 6.07) is 7.89. The molecule has 0 aromatic carbocycles. The van der Waals surface area contributed by atoms with Crippen molar-refractivity contribution >= 4 is 17.6 Å². The van der Waals surface area contributed by atoms with Gasteiger partial charge in [0.1, 0.15) is 6.29 Å². The van der Waals surface area contributed by atoms with Crippen LogP contribution in [0.4, 0.5) is 0 Å². The molecule has 1 unspecified atom stereocenters. The minimum absolute atomic E-state index is 0.433. The van der Waals surface area contributed by atoms with Gasteiger partial charge in [-0.15, -0.1) is 11.3 Å². The Morgan fingerprint density at radius 3 is 2.88 bits per heavy atom. The van der Waals surface area contributed by atoms with E-state index in [2.05, 4.69) is 4.98 Å². The lowest BCUT2D eigenvalue weighted by atomic mass is 9.84. The van der Waals surface area contributed by atoms with Crippen LogP contribution in [0.25, 0.3) is 0 Å². The van der Waals surface area contributed by atoms with E-state index in [1.54, 1.807) is 17.5 Å². The quantitative estimate of drug-likeness (QED) is 0.757. The summed E-state index contributed by atoms with van der Waals surface area (Å²) in [6.45, 7) is 1.97. The van der Waals surface area contributed by atoms with Gasteiger partial charge < -0.3 is 4.79 Å². The molecule has 0 radical (unpaired) electrons. The average Bonchev–Trinajstić information content (AvgIpc) is 2.84. The normalized spacial score (nSPS) is 14.3. The zero-order valence-electron chi connectivity index (χ0n) is 9.09. The predicted molar refractivity (Wildman–Crippen MR) is 65.7 cm³/mol. The van der Waals surface area contributed by atoms with Gasteiger partial charge in [0.2, 0.25) is 0 Å².